The second-order valence-corrected chi connectivity index (χ2v) is 5.13. The van der Waals surface area contributed by atoms with Gasteiger partial charge in [-0.05, 0) is 48.9 Å². The number of aromatic nitrogens is 1. The normalized spacial score (nSPS) is 28.7. The van der Waals surface area contributed by atoms with Crippen LogP contribution in [0.1, 0.15) is 31.7 Å². The molecule has 2 unspecified atom stereocenters. The molecular weight excluding hydrogens is 210 g/mol. The van der Waals surface area contributed by atoms with E-state index >= 15 is 0 Å². The summed E-state index contributed by atoms with van der Waals surface area (Å²) in [4.78, 5) is 4.31. The van der Waals surface area contributed by atoms with E-state index in [1.165, 1.54) is 0 Å². The summed E-state index contributed by atoms with van der Waals surface area (Å²) in [5.74, 6) is 0.344. The Kier molecular flexibility index (Phi) is 2.40. The van der Waals surface area contributed by atoms with Gasteiger partial charge in [0.1, 0.15) is 0 Å². The highest BCUT2D eigenvalue weighted by atomic mass is 16.3. The number of rotatable bonds is 1. The fraction of sp³-hybridized carbons (Fsp3) is 0.400. The molecule has 1 heterocycles. The van der Waals surface area contributed by atoms with Crippen molar-refractivity contribution in [2.24, 2.45) is 5.92 Å². The van der Waals surface area contributed by atoms with Gasteiger partial charge in [0.2, 0.25) is 0 Å². The Bertz CT molecular complexity index is 551. The van der Waals surface area contributed by atoms with Crippen LogP contribution in [-0.2, 0) is 5.60 Å². The monoisotopic (exact) mass is 227 g/mol. The van der Waals surface area contributed by atoms with E-state index < -0.39 is 5.60 Å². The van der Waals surface area contributed by atoms with Crippen LogP contribution in [0.5, 0.6) is 0 Å². The summed E-state index contributed by atoms with van der Waals surface area (Å²) in [6, 6.07) is 10.1. The van der Waals surface area contributed by atoms with Crippen molar-refractivity contribution in [2.45, 2.75) is 31.8 Å². The molecule has 0 amide bonds. The molecular formula is C15H17NO. The summed E-state index contributed by atoms with van der Waals surface area (Å²) in [5, 5.41) is 11.9. The molecule has 3 rings (SSSR count). The second kappa shape index (κ2) is 3.81. The minimum absolute atomic E-state index is 0.344. The van der Waals surface area contributed by atoms with Crippen LogP contribution in [-0.4, -0.2) is 10.1 Å². The fourth-order valence-corrected chi connectivity index (χ4v) is 2.94. The van der Waals surface area contributed by atoms with Gasteiger partial charge in [0.15, 0.2) is 0 Å². The van der Waals surface area contributed by atoms with Gasteiger partial charge in [-0.1, -0.05) is 19.1 Å². The Morgan fingerprint density at radius 3 is 3.00 bits per heavy atom. The van der Waals surface area contributed by atoms with E-state index in [1.54, 1.807) is 6.20 Å². The van der Waals surface area contributed by atoms with Crippen molar-refractivity contribution in [1.82, 2.24) is 4.98 Å². The summed E-state index contributed by atoms with van der Waals surface area (Å²) in [5.41, 5.74) is 1.40. The van der Waals surface area contributed by atoms with Gasteiger partial charge in [-0.2, -0.15) is 0 Å². The minimum atomic E-state index is -0.635. The van der Waals surface area contributed by atoms with Crippen LogP contribution in [0, 0.1) is 5.92 Å². The molecule has 88 valence electrons. The van der Waals surface area contributed by atoms with E-state index in [1.807, 2.05) is 18.2 Å². The highest BCUT2D eigenvalue weighted by Gasteiger charge is 2.39. The van der Waals surface area contributed by atoms with Crippen molar-refractivity contribution >= 4 is 10.9 Å². The highest BCUT2D eigenvalue weighted by molar-refractivity contribution is 5.79. The van der Waals surface area contributed by atoms with Crippen molar-refractivity contribution in [3.05, 3.63) is 42.1 Å². The molecule has 1 aliphatic carbocycles. The van der Waals surface area contributed by atoms with Gasteiger partial charge in [-0.15, -0.1) is 0 Å². The summed E-state index contributed by atoms with van der Waals surface area (Å²) in [6.45, 7) is 2.14. The molecule has 1 fully saturated rings. The van der Waals surface area contributed by atoms with Crippen LogP contribution in [0.15, 0.2) is 36.5 Å². The van der Waals surface area contributed by atoms with Gasteiger partial charge in [0.05, 0.1) is 11.1 Å². The van der Waals surface area contributed by atoms with Gasteiger partial charge in [0.25, 0.3) is 0 Å². The molecule has 1 saturated carbocycles. The largest absolute Gasteiger partial charge is 0.385 e. The predicted octanol–water partition coefficient (Wildman–Crippen LogP) is 3.24. The van der Waals surface area contributed by atoms with Crippen LogP contribution in [0.25, 0.3) is 10.9 Å². The smallest absolute Gasteiger partial charge is 0.0922 e. The summed E-state index contributed by atoms with van der Waals surface area (Å²) < 4.78 is 0. The molecule has 0 spiro atoms. The lowest BCUT2D eigenvalue weighted by Gasteiger charge is -2.28. The standard InChI is InChI=1S/C15H17NO/c1-11-4-2-8-15(11,17)13-6-7-14-12(10-13)5-3-9-16-14/h3,5-7,9-11,17H,2,4,8H2,1H3. The van der Waals surface area contributed by atoms with Crippen molar-refractivity contribution < 1.29 is 5.11 Å². The lowest BCUT2D eigenvalue weighted by atomic mass is 9.84. The third-order valence-corrected chi connectivity index (χ3v) is 4.11. The first-order valence-corrected chi connectivity index (χ1v) is 6.28. The van der Waals surface area contributed by atoms with E-state index in [-0.39, 0.29) is 0 Å². The molecule has 2 aromatic rings. The molecule has 1 N–H and O–H groups in total. The van der Waals surface area contributed by atoms with Gasteiger partial charge < -0.3 is 5.11 Å². The average molecular weight is 227 g/mol. The van der Waals surface area contributed by atoms with Crippen LogP contribution in [0.3, 0.4) is 0 Å². The molecule has 2 atom stereocenters. The lowest BCUT2D eigenvalue weighted by Crippen LogP contribution is -2.28. The molecule has 2 nitrogen and oxygen atoms in total. The summed E-state index contributed by atoms with van der Waals surface area (Å²) in [7, 11) is 0. The average Bonchev–Trinajstić information content (AvgIpc) is 2.70. The zero-order valence-corrected chi connectivity index (χ0v) is 10.1. The third-order valence-electron chi connectivity index (χ3n) is 4.11. The quantitative estimate of drug-likeness (QED) is 0.811. The lowest BCUT2D eigenvalue weighted by molar-refractivity contribution is 0.00461. The topological polar surface area (TPSA) is 33.1 Å². The first kappa shape index (κ1) is 10.7. The third kappa shape index (κ3) is 1.64. The van der Waals surface area contributed by atoms with E-state index in [2.05, 4.69) is 24.0 Å². The molecule has 1 aliphatic rings. The minimum Gasteiger partial charge on any atom is -0.385 e. The second-order valence-electron chi connectivity index (χ2n) is 5.13. The Labute approximate surface area is 101 Å². The van der Waals surface area contributed by atoms with E-state index in [9.17, 15) is 5.11 Å². The van der Waals surface area contributed by atoms with E-state index in [4.69, 9.17) is 0 Å². The van der Waals surface area contributed by atoms with Crippen LogP contribution < -0.4 is 0 Å². The van der Waals surface area contributed by atoms with Crippen LogP contribution in [0.2, 0.25) is 0 Å². The van der Waals surface area contributed by atoms with Crippen molar-refractivity contribution in [2.75, 3.05) is 0 Å². The number of pyridine rings is 1. The molecule has 0 bridgehead atoms. The van der Waals surface area contributed by atoms with E-state index in [0.29, 0.717) is 5.92 Å². The maximum absolute atomic E-state index is 10.8. The Hall–Kier alpha value is -1.41. The number of hydrogen-bond donors (Lipinski definition) is 1. The maximum atomic E-state index is 10.8. The van der Waals surface area contributed by atoms with Gasteiger partial charge >= 0.3 is 0 Å². The Morgan fingerprint density at radius 1 is 1.35 bits per heavy atom. The van der Waals surface area contributed by atoms with Crippen LogP contribution in [0.4, 0.5) is 0 Å². The number of benzene rings is 1. The first-order chi connectivity index (χ1) is 8.20. The zero-order chi connectivity index (χ0) is 11.9. The fourth-order valence-electron chi connectivity index (χ4n) is 2.94. The van der Waals surface area contributed by atoms with Gasteiger partial charge in [-0.25, -0.2) is 0 Å². The molecule has 0 saturated heterocycles. The number of aliphatic hydroxyl groups is 1. The Morgan fingerprint density at radius 2 is 2.24 bits per heavy atom. The molecule has 1 aromatic heterocycles. The molecule has 2 heteroatoms. The van der Waals surface area contributed by atoms with Crippen molar-refractivity contribution in [3.63, 3.8) is 0 Å². The molecule has 17 heavy (non-hydrogen) atoms. The van der Waals surface area contributed by atoms with Crippen molar-refractivity contribution in [1.29, 1.82) is 0 Å². The summed E-state index contributed by atoms with van der Waals surface area (Å²) >= 11 is 0. The van der Waals surface area contributed by atoms with Gasteiger partial charge in [0, 0.05) is 11.6 Å². The predicted molar refractivity (Wildman–Crippen MR) is 68.7 cm³/mol. The number of hydrogen-bond acceptors (Lipinski definition) is 2. The molecule has 1 aromatic carbocycles. The maximum Gasteiger partial charge on any atom is 0.0922 e. The molecule has 0 aliphatic heterocycles. The van der Waals surface area contributed by atoms with E-state index in [0.717, 1.165) is 35.7 Å². The van der Waals surface area contributed by atoms with Gasteiger partial charge in [-0.3, -0.25) is 4.98 Å². The molecule has 0 radical (unpaired) electrons. The number of fused-ring (bicyclic) bond motifs is 1. The Balaban J connectivity index is 2.12. The summed E-state index contributed by atoms with van der Waals surface area (Å²) in [6.07, 6.45) is 4.90. The number of nitrogens with zero attached hydrogens (tertiary/aromatic N) is 1. The zero-order valence-electron chi connectivity index (χ0n) is 10.1. The highest BCUT2D eigenvalue weighted by Crippen LogP contribution is 2.43. The van der Waals surface area contributed by atoms with Crippen LogP contribution >= 0.6 is 0 Å². The SMILES string of the molecule is CC1CCCC1(O)c1ccc2ncccc2c1. The van der Waals surface area contributed by atoms with Crippen molar-refractivity contribution in [3.8, 4) is 0 Å². The first-order valence-electron chi connectivity index (χ1n) is 6.28.